The summed E-state index contributed by atoms with van der Waals surface area (Å²) in [7, 11) is 0. The Morgan fingerprint density at radius 2 is 2.14 bits per heavy atom. The number of aromatic nitrogens is 3. The average molecular weight is 404 g/mol. The minimum atomic E-state index is 0.0656. The third-order valence-electron chi connectivity index (χ3n) is 5.49. The first-order chi connectivity index (χ1) is 14.1. The lowest BCUT2D eigenvalue weighted by Gasteiger charge is -2.24. The van der Waals surface area contributed by atoms with Gasteiger partial charge in [0.05, 0.1) is 22.9 Å². The molecule has 1 saturated heterocycles. The molecule has 0 aliphatic carbocycles. The third kappa shape index (κ3) is 3.02. The molecule has 6 nitrogen and oxygen atoms in total. The van der Waals surface area contributed by atoms with E-state index in [0.717, 1.165) is 51.3 Å². The first kappa shape index (κ1) is 18.0. The van der Waals surface area contributed by atoms with Crippen LogP contribution >= 0.6 is 11.3 Å². The van der Waals surface area contributed by atoms with Crippen molar-refractivity contribution in [1.82, 2.24) is 19.9 Å². The third-order valence-corrected chi connectivity index (χ3v) is 6.66. The minimum Gasteiger partial charge on any atom is -0.461 e. The van der Waals surface area contributed by atoms with Crippen molar-refractivity contribution in [2.75, 3.05) is 6.54 Å². The van der Waals surface area contributed by atoms with E-state index in [4.69, 9.17) is 4.42 Å². The van der Waals surface area contributed by atoms with Gasteiger partial charge in [-0.1, -0.05) is 6.07 Å². The van der Waals surface area contributed by atoms with Crippen LogP contribution in [0, 0.1) is 13.8 Å². The van der Waals surface area contributed by atoms with Gasteiger partial charge in [0.2, 0.25) is 0 Å². The van der Waals surface area contributed by atoms with Crippen LogP contribution in [0.5, 0.6) is 0 Å². The van der Waals surface area contributed by atoms with Crippen molar-refractivity contribution in [2.24, 2.45) is 0 Å². The van der Waals surface area contributed by atoms with Gasteiger partial charge >= 0.3 is 0 Å². The lowest BCUT2D eigenvalue weighted by molar-refractivity contribution is 0.0740. The molecule has 4 aromatic rings. The van der Waals surface area contributed by atoms with E-state index in [1.165, 1.54) is 11.3 Å². The van der Waals surface area contributed by atoms with Crippen molar-refractivity contribution >= 4 is 27.5 Å². The number of amides is 1. The second-order valence-corrected chi connectivity index (χ2v) is 8.29. The molecule has 4 aromatic heterocycles. The number of likely N-dealkylation sites (tertiary alicyclic amines) is 1. The Bertz CT molecular complexity index is 1180. The van der Waals surface area contributed by atoms with Gasteiger partial charge in [-0.15, -0.1) is 11.3 Å². The first-order valence-corrected chi connectivity index (χ1v) is 10.5. The van der Waals surface area contributed by atoms with Crippen LogP contribution in [0.2, 0.25) is 0 Å². The highest BCUT2D eigenvalue weighted by Crippen LogP contribution is 2.38. The number of hydrogen-bond donors (Lipinski definition) is 0. The summed E-state index contributed by atoms with van der Waals surface area (Å²) in [5, 5.41) is 0.964. The van der Waals surface area contributed by atoms with Gasteiger partial charge in [-0.05, 0) is 56.0 Å². The van der Waals surface area contributed by atoms with Gasteiger partial charge in [0, 0.05) is 24.3 Å². The molecule has 0 unspecified atom stereocenters. The molecule has 29 heavy (non-hydrogen) atoms. The van der Waals surface area contributed by atoms with Crippen molar-refractivity contribution in [3.8, 4) is 11.6 Å². The van der Waals surface area contributed by atoms with Gasteiger partial charge in [0.1, 0.15) is 4.83 Å². The SMILES string of the molecule is Cc1nc(-c2ccco2)nc2sc(C(=O)N3CCC[C@H]3c3cccnc3)c(C)c12. The molecule has 0 N–H and O–H groups in total. The van der Waals surface area contributed by atoms with Crippen LogP contribution in [0.4, 0.5) is 0 Å². The van der Waals surface area contributed by atoms with Crippen molar-refractivity contribution < 1.29 is 9.21 Å². The Hall–Kier alpha value is -3.06. The fourth-order valence-electron chi connectivity index (χ4n) is 4.12. The van der Waals surface area contributed by atoms with E-state index in [-0.39, 0.29) is 11.9 Å². The number of rotatable bonds is 3. The Labute approximate surface area is 172 Å². The molecule has 0 radical (unpaired) electrons. The van der Waals surface area contributed by atoms with E-state index in [0.29, 0.717) is 11.6 Å². The highest BCUT2D eigenvalue weighted by Gasteiger charge is 2.33. The quantitative estimate of drug-likeness (QED) is 0.484. The summed E-state index contributed by atoms with van der Waals surface area (Å²) in [6.45, 7) is 4.71. The summed E-state index contributed by atoms with van der Waals surface area (Å²) >= 11 is 1.44. The summed E-state index contributed by atoms with van der Waals surface area (Å²) in [6.07, 6.45) is 7.19. The second-order valence-electron chi connectivity index (χ2n) is 7.29. The molecule has 7 heteroatoms. The monoisotopic (exact) mass is 404 g/mol. The predicted octanol–water partition coefficient (Wildman–Crippen LogP) is 4.94. The molecule has 1 atom stereocenters. The van der Waals surface area contributed by atoms with E-state index in [9.17, 15) is 4.79 Å². The van der Waals surface area contributed by atoms with Crippen molar-refractivity contribution in [3.05, 3.63) is 64.6 Å². The molecule has 1 aliphatic heterocycles. The summed E-state index contributed by atoms with van der Waals surface area (Å²) < 4.78 is 5.45. The van der Waals surface area contributed by atoms with E-state index in [2.05, 4.69) is 15.0 Å². The lowest BCUT2D eigenvalue weighted by atomic mass is 10.1. The zero-order chi connectivity index (χ0) is 20.0. The van der Waals surface area contributed by atoms with Gasteiger partial charge in [-0.25, -0.2) is 9.97 Å². The van der Waals surface area contributed by atoms with Crippen LogP contribution in [-0.2, 0) is 0 Å². The minimum absolute atomic E-state index is 0.0656. The van der Waals surface area contributed by atoms with Crippen LogP contribution in [-0.4, -0.2) is 32.3 Å². The van der Waals surface area contributed by atoms with Gasteiger partial charge in [-0.2, -0.15) is 0 Å². The zero-order valence-electron chi connectivity index (χ0n) is 16.3. The molecule has 0 bridgehead atoms. The normalized spacial score (nSPS) is 16.6. The number of pyridine rings is 1. The highest BCUT2D eigenvalue weighted by atomic mass is 32.1. The smallest absolute Gasteiger partial charge is 0.264 e. The second kappa shape index (κ2) is 7.08. The maximum Gasteiger partial charge on any atom is 0.264 e. The fraction of sp³-hybridized carbons (Fsp3) is 0.273. The van der Waals surface area contributed by atoms with Gasteiger partial charge in [-0.3, -0.25) is 9.78 Å². The number of carbonyl (C=O) groups excluding carboxylic acids is 1. The number of hydrogen-bond acceptors (Lipinski definition) is 6. The lowest BCUT2D eigenvalue weighted by Crippen LogP contribution is -2.30. The van der Waals surface area contributed by atoms with Gasteiger partial charge in [0.15, 0.2) is 11.6 Å². The van der Waals surface area contributed by atoms with Crippen LogP contribution in [0.3, 0.4) is 0 Å². The summed E-state index contributed by atoms with van der Waals surface area (Å²) in [6, 6.07) is 7.71. The van der Waals surface area contributed by atoms with E-state index in [1.807, 2.05) is 49.2 Å². The molecule has 146 valence electrons. The molecular weight excluding hydrogens is 384 g/mol. The number of thiophene rings is 1. The van der Waals surface area contributed by atoms with Crippen molar-refractivity contribution in [1.29, 1.82) is 0 Å². The highest BCUT2D eigenvalue weighted by molar-refractivity contribution is 7.20. The molecule has 1 aliphatic rings. The Balaban J connectivity index is 1.55. The van der Waals surface area contributed by atoms with E-state index >= 15 is 0 Å². The first-order valence-electron chi connectivity index (χ1n) is 9.66. The summed E-state index contributed by atoms with van der Waals surface area (Å²) in [5.74, 6) is 1.25. The van der Waals surface area contributed by atoms with Crippen LogP contribution in [0.25, 0.3) is 21.8 Å². The maximum absolute atomic E-state index is 13.5. The number of furan rings is 1. The van der Waals surface area contributed by atoms with Gasteiger partial charge < -0.3 is 9.32 Å². The summed E-state index contributed by atoms with van der Waals surface area (Å²) in [4.78, 5) is 30.6. The fourth-order valence-corrected chi connectivity index (χ4v) is 5.31. The van der Waals surface area contributed by atoms with Crippen LogP contribution in [0.1, 0.15) is 45.4 Å². The zero-order valence-corrected chi connectivity index (χ0v) is 17.1. The maximum atomic E-state index is 13.5. The van der Waals surface area contributed by atoms with Crippen molar-refractivity contribution in [2.45, 2.75) is 32.7 Å². The van der Waals surface area contributed by atoms with E-state index in [1.54, 1.807) is 12.5 Å². The standard InChI is InChI=1S/C22H20N4O2S/c1-13-18-14(2)24-20(17-8-5-11-28-17)25-21(18)29-19(13)22(27)26-10-4-7-16(26)15-6-3-9-23-12-15/h3,5-6,8-9,11-12,16H,4,7,10H2,1-2H3/t16-/m0/s1. The molecule has 0 spiro atoms. The van der Waals surface area contributed by atoms with Crippen LogP contribution < -0.4 is 0 Å². The molecule has 0 aromatic carbocycles. The van der Waals surface area contributed by atoms with E-state index < -0.39 is 0 Å². The largest absolute Gasteiger partial charge is 0.461 e. The number of aryl methyl sites for hydroxylation is 2. The predicted molar refractivity (Wildman–Crippen MR) is 112 cm³/mol. The molecule has 1 amide bonds. The Kier molecular flexibility index (Phi) is 4.39. The average Bonchev–Trinajstić information content (AvgIpc) is 3.48. The molecule has 5 heterocycles. The van der Waals surface area contributed by atoms with Crippen molar-refractivity contribution in [3.63, 3.8) is 0 Å². The molecule has 1 fully saturated rings. The number of fused-ring (bicyclic) bond motifs is 1. The number of carbonyl (C=O) groups is 1. The van der Waals surface area contributed by atoms with Gasteiger partial charge in [0.25, 0.3) is 5.91 Å². The summed E-state index contributed by atoms with van der Waals surface area (Å²) in [5.41, 5.74) is 2.91. The molecule has 5 rings (SSSR count). The Morgan fingerprint density at radius 1 is 1.24 bits per heavy atom. The Morgan fingerprint density at radius 3 is 2.90 bits per heavy atom. The topological polar surface area (TPSA) is 72.1 Å². The number of nitrogens with zero attached hydrogens (tertiary/aromatic N) is 4. The molecular formula is C22H20N4O2S. The van der Waals surface area contributed by atoms with Crippen LogP contribution in [0.15, 0.2) is 47.3 Å². The molecule has 0 saturated carbocycles.